The van der Waals surface area contributed by atoms with Crippen molar-refractivity contribution in [2.75, 3.05) is 13.1 Å². The van der Waals surface area contributed by atoms with Crippen molar-refractivity contribution < 1.29 is 0 Å². The van der Waals surface area contributed by atoms with Crippen LogP contribution in [0, 0.1) is 5.92 Å². The lowest BCUT2D eigenvalue weighted by Crippen LogP contribution is -2.19. The highest BCUT2D eigenvalue weighted by molar-refractivity contribution is 7.09. The lowest BCUT2D eigenvalue weighted by molar-refractivity contribution is 0.510. The highest BCUT2D eigenvalue weighted by Gasteiger charge is 1.98. The van der Waals surface area contributed by atoms with Crippen LogP contribution in [-0.4, -0.2) is 13.1 Å². The van der Waals surface area contributed by atoms with Gasteiger partial charge < -0.3 is 11.1 Å². The third-order valence-corrected chi connectivity index (χ3v) is 2.97. The Morgan fingerprint density at radius 2 is 2.46 bits per heavy atom. The molecule has 0 aliphatic carbocycles. The zero-order chi connectivity index (χ0) is 9.52. The molecule has 0 bridgehead atoms. The first kappa shape index (κ1) is 10.7. The van der Waals surface area contributed by atoms with Gasteiger partial charge in [-0.2, -0.15) is 0 Å². The van der Waals surface area contributed by atoms with E-state index in [2.05, 4.69) is 29.8 Å². The van der Waals surface area contributed by atoms with Crippen molar-refractivity contribution in [2.24, 2.45) is 11.7 Å². The largest absolute Gasteiger partial charge is 0.330 e. The molecule has 3 heteroatoms. The summed E-state index contributed by atoms with van der Waals surface area (Å²) in [7, 11) is 0. The van der Waals surface area contributed by atoms with Crippen LogP contribution in [-0.2, 0) is 6.54 Å². The summed E-state index contributed by atoms with van der Waals surface area (Å²) in [5, 5.41) is 5.52. The Hall–Kier alpha value is -0.380. The molecule has 13 heavy (non-hydrogen) atoms. The van der Waals surface area contributed by atoms with Crippen molar-refractivity contribution in [1.29, 1.82) is 0 Å². The predicted octanol–water partition coefficient (Wildman–Crippen LogP) is 1.82. The minimum absolute atomic E-state index is 0.635. The maximum atomic E-state index is 5.52. The molecule has 1 heterocycles. The van der Waals surface area contributed by atoms with Gasteiger partial charge in [-0.3, -0.25) is 0 Å². The van der Waals surface area contributed by atoms with Crippen LogP contribution in [0.1, 0.15) is 18.2 Å². The number of nitrogens with one attached hydrogen (secondary N) is 1. The summed E-state index contributed by atoms with van der Waals surface area (Å²) in [6.45, 7) is 5.04. The molecule has 1 atom stereocenters. The molecule has 0 saturated heterocycles. The summed E-state index contributed by atoms with van der Waals surface area (Å²) in [6, 6.07) is 4.24. The van der Waals surface area contributed by atoms with E-state index in [9.17, 15) is 0 Å². The van der Waals surface area contributed by atoms with Crippen LogP contribution in [0.25, 0.3) is 0 Å². The van der Waals surface area contributed by atoms with Gasteiger partial charge in [-0.05, 0) is 36.9 Å². The zero-order valence-corrected chi connectivity index (χ0v) is 8.94. The molecule has 0 spiro atoms. The van der Waals surface area contributed by atoms with Gasteiger partial charge in [-0.25, -0.2) is 0 Å². The quantitative estimate of drug-likeness (QED) is 0.684. The van der Waals surface area contributed by atoms with Crippen LogP contribution in [0.5, 0.6) is 0 Å². The van der Waals surface area contributed by atoms with Gasteiger partial charge in [0.2, 0.25) is 0 Å². The maximum absolute atomic E-state index is 5.52. The molecule has 0 aliphatic rings. The maximum Gasteiger partial charge on any atom is 0.0299 e. The Bertz CT molecular complexity index is 209. The number of hydrogen-bond donors (Lipinski definition) is 2. The van der Waals surface area contributed by atoms with E-state index in [1.807, 2.05) is 0 Å². The minimum atomic E-state index is 0.635. The Labute approximate surface area is 84.2 Å². The molecule has 0 aromatic carbocycles. The third-order valence-electron chi connectivity index (χ3n) is 2.10. The normalized spacial score (nSPS) is 13.1. The molecule has 1 rings (SSSR count). The smallest absolute Gasteiger partial charge is 0.0299 e. The van der Waals surface area contributed by atoms with Crippen molar-refractivity contribution in [1.82, 2.24) is 5.32 Å². The molecule has 2 nitrogen and oxygen atoms in total. The van der Waals surface area contributed by atoms with Crippen LogP contribution in [0.3, 0.4) is 0 Å². The van der Waals surface area contributed by atoms with Crippen molar-refractivity contribution in [3.63, 3.8) is 0 Å². The Morgan fingerprint density at radius 1 is 1.62 bits per heavy atom. The van der Waals surface area contributed by atoms with E-state index in [1.54, 1.807) is 11.3 Å². The number of rotatable bonds is 6. The predicted molar refractivity (Wildman–Crippen MR) is 58.9 cm³/mol. The molecule has 74 valence electrons. The summed E-state index contributed by atoms with van der Waals surface area (Å²) >= 11 is 1.80. The first-order valence-electron chi connectivity index (χ1n) is 4.76. The third kappa shape index (κ3) is 4.41. The van der Waals surface area contributed by atoms with E-state index in [4.69, 9.17) is 5.73 Å². The first-order chi connectivity index (χ1) is 6.33. The molecule has 0 amide bonds. The Morgan fingerprint density at radius 3 is 3.08 bits per heavy atom. The zero-order valence-electron chi connectivity index (χ0n) is 8.12. The van der Waals surface area contributed by atoms with Gasteiger partial charge in [0.15, 0.2) is 0 Å². The highest BCUT2D eigenvalue weighted by atomic mass is 32.1. The van der Waals surface area contributed by atoms with Gasteiger partial charge in [0.25, 0.3) is 0 Å². The Balaban J connectivity index is 2.02. The van der Waals surface area contributed by atoms with E-state index >= 15 is 0 Å². The van der Waals surface area contributed by atoms with Gasteiger partial charge in [0.05, 0.1) is 0 Å². The molecule has 0 radical (unpaired) electrons. The van der Waals surface area contributed by atoms with Gasteiger partial charge >= 0.3 is 0 Å². The molecule has 0 aliphatic heterocycles. The molecular formula is C10H18N2S. The fourth-order valence-electron chi connectivity index (χ4n) is 1.09. The summed E-state index contributed by atoms with van der Waals surface area (Å²) in [6.07, 6.45) is 1.17. The summed E-state index contributed by atoms with van der Waals surface area (Å²) in [5.41, 5.74) is 5.52. The summed E-state index contributed by atoms with van der Waals surface area (Å²) in [4.78, 5) is 1.40. The van der Waals surface area contributed by atoms with Crippen LogP contribution < -0.4 is 11.1 Å². The van der Waals surface area contributed by atoms with Crippen molar-refractivity contribution in [2.45, 2.75) is 19.9 Å². The minimum Gasteiger partial charge on any atom is -0.330 e. The standard InChI is InChI=1S/C10H18N2S/c1-9(7-11)4-5-12-8-10-3-2-6-13-10/h2-3,6,9,12H,4-5,7-8,11H2,1H3. The Kier molecular flexibility index (Phi) is 5.05. The number of hydrogen-bond acceptors (Lipinski definition) is 3. The second kappa shape index (κ2) is 6.13. The van der Waals surface area contributed by atoms with Gasteiger partial charge in [-0.15, -0.1) is 11.3 Å². The van der Waals surface area contributed by atoms with Crippen LogP contribution in [0.4, 0.5) is 0 Å². The average Bonchev–Trinajstić information content (AvgIpc) is 2.64. The van der Waals surface area contributed by atoms with Crippen LogP contribution >= 0.6 is 11.3 Å². The van der Waals surface area contributed by atoms with Gasteiger partial charge in [0, 0.05) is 11.4 Å². The van der Waals surface area contributed by atoms with Crippen LogP contribution in [0.15, 0.2) is 17.5 Å². The molecular weight excluding hydrogens is 180 g/mol. The number of thiophene rings is 1. The van der Waals surface area contributed by atoms with E-state index in [1.165, 1.54) is 11.3 Å². The number of nitrogens with two attached hydrogens (primary N) is 1. The van der Waals surface area contributed by atoms with E-state index in [0.29, 0.717) is 5.92 Å². The monoisotopic (exact) mass is 198 g/mol. The van der Waals surface area contributed by atoms with Gasteiger partial charge in [-0.1, -0.05) is 13.0 Å². The molecule has 1 unspecified atom stereocenters. The SMILES string of the molecule is CC(CN)CCNCc1cccs1. The van der Waals surface area contributed by atoms with Crippen molar-refractivity contribution >= 4 is 11.3 Å². The second-order valence-corrected chi connectivity index (χ2v) is 4.42. The summed E-state index contributed by atoms with van der Waals surface area (Å²) in [5.74, 6) is 0.635. The molecule has 1 aromatic heterocycles. The van der Waals surface area contributed by atoms with E-state index < -0.39 is 0 Å². The highest BCUT2D eigenvalue weighted by Crippen LogP contribution is 2.07. The van der Waals surface area contributed by atoms with E-state index in [-0.39, 0.29) is 0 Å². The lowest BCUT2D eigenvalue weighted by atomic mass is 10.1. The van der Waals surface area contributed by atoms with Crippen LogP contribution in [0.2, 0.25) is 0 Å². The van der Waals surface area contributed by atoms with Crippen molar-refractivity contribution in [3.05, 3.63) is 22.4 Å². The van der Waals surface area contributed by atoms with E-state index in [0.717, 1.165) is 19.6 Å². The first-order valence-corrected chi connectivity index (χ1v) is 5.64. The van der Waals surface area contributed by atoms with Crippen molar-refractivity contribution in [3.8, 4) is 0 Å². The second-order valence-electron chi connectivity index (χ2n) is 3.39. The fourth-order valence-corrected chi connectivity index (χ4v) is 1.77. The fraction of sp³-hybridized carbons (Fsp3) is 0.600. The summed E-state index contributed by atoms with van der Waals surface area (Å²) < 4.78 is 0. The molecule has 1 aromatic rings. The average molecular weight is 198 g/mol. The lowest BCUT2D eigenvalue weighted by Gasteiger charge is -2.08. The molecule has 3 N–H and O–H groups in total. The molecule has 0 saturated carbocycles. The molecule has 0 fully saturated rings. The van der Waals surface area contributed by atoms with Gasteiger partial charge in [0.1, 0.15) is 0 Å². The topological polar surface area (TPSA) is 38.0 Å².